The van der Waals surface area contributed by atoms with Crippen LogP contribution in [0.5, 0.6) is 0 Å². The third-order valence-electron chi connectivity index (χ3n) is 2.65. The van der Waals surface area contributed by atoms with E-state index in [1.54, 1.807) is 12.1 Å². The van der Waals surface area contributed by atoms with E-state index in [1.165, 1.54) is 40.9 Å². The molecule has 0 saturated heterocycles. The van der Waals surface area contributed by atoms with Gasteiger partial charge in [-0.1, -0.05) is 23.2 Å². The lowest BCUT2D eigenvalue weighted by atomic mass is 10.3. The highest BCUT2D eigenvalue weighted by Gasteiger charge is 2.24. The molecule has 2 aromatic rings. The molecule has 0 atom stereocenters. The van der Waals surface area contributed by atoms with Crippen LogP contribution in [0.2, 0.25) is 9.36 Å². The highest BCUT2D eigenvalue weighted by molar-refractivity contribution is 7.89. The van der Waals surface area contributed by atoms with Gasteiger partial charge in [0.25, 0.3) is 0 Å². The average molecular weight is 351 g/mol. The summed E-state index contributed by atoms with van der Waals surface area (Å²) in [6.07, 6.45) is 0. The summed E-state index contributed by atoms with van der Waals surface area (Å²) in [6, 6.07) is 7.87. The van der Waals surface area contributed by atoms with Gasteiger partial charge in [-0.15, -0.1) is 11.3 Å². The molecule has 108 valence electrons. The van der Waals surface area contributed by atoms with Gasteiger partial charge >= 0.3 is 0 Å². The summed E-state index contributed by atoms with van der Waals surface area (Å²) in [4.78, 5) is 0.895. The molecule has 0 aliphatic carbocycles. The van der Waals surface area contributed by atoms with E-state index in [0.29, 0.717) is 10.0 Å². The van der Waals surface area contributed by atoms with E-state index in [4.69, 9.17) is 28.9 Å². The lowest BCUT2D eigenvalue weighted by Crippen LogP contribution is -2.26. The van der Waals surface area contributed by atoms with Gasteiger partial charge in [0.2, 0.25) is 10.0 Å². The zero-order valence-electron chi connectivity index (χ0n) is 10.5. The molecule has 0 unspecified atom stereocenters. The smallest absolute Gasteiger partial charge is 0.244 e. The summed E-state index contributed by atoms with van der Waals surface area (Å²) in [5.74, 6) is 0. The summed E-state index contributed by atoms with van der Waals surface area (Å²) in [7, 11) is -2.17. The van der Waals surface area contributed by atoms with Gasteiger partial charge in [-0.3, -0.25) is 0 Å². The molecule has 0 spiro atoms. The number of nitrogens with two attached hydrogens (primary N) is 1. The second-order valence-corrected chi connectivity index (χ2v) is 8.38. The van der Waals surface area contributed by atoms with Crippen molar-refractivity contribution >= 4 is 50.2 Å². The van der Waals surface area contributed by atoms with E-state index >= 15 is 0 Å². The van der Waals surface area contributed by atoms with Crippen molar-refractivity contribution in [3.05, 3.63) is 44.6 Å². The van der Waals surface area contributed by atoms with Crippen molar-refractivity contribution in [3.8, 4) is 0 Å². The number of hydrogen-bond acceptors (Lipinski definition) is 4. The maximum atomic E-state index is 12.4. The van der Waals surface area contributed by atoms with Crippen LogP contribution >= 0.6 is 34.5 Å². The van der Waals surface area contributed by atoms with Crippen molar-refractivity contribution in [3.63, 3.8) is 0 Å². The molecule has 4 nitrogen and oxygen atoms in total. The first-order chi connectivity index (χ1) is 9.30. The molecule has 0 radical (unpaired) electrons. The fraction of sp³-hybridized carbons (Fsp3) is 0.167. The van der Waals surface area contributed by atoms with E-state index in [0.717, 1.165) is 4.88 Å². The fourth-order valence-electron chi connectivity index (χ4n) is 1.64. The number of rotatable bonds is 4. The Labute approximate surface area is 131 Å². The van der Waals surface area contributed by atoms with Gasteiger partial charge in [-0.05, 0) is 30.3 Å². The molecular formula is C12H12Cl2N2O2S2. The van der Waals surface area contributed by atoms with Crippen molar-refractivity contribution in [2.24, 2.45) is 0 Å². The predicted octanol–water partition coefficient (Wildman–Crippen LogP) is 3.46. The number of anilines is 1. The van der Waals surface area contributed by atoms with Crippen LogP contribution in [-0.4, -0.2) is 19.8 Å². The Balaban J connectivity index is 2.29. The van der Waals surface area contributed by atoms with Gasteiger partial charge < -0.3 is 5.73 Å². The Hall–Kier alpha value is -0.790. The molecule has 1 heterocycles. The van der Waals surface area contributed by atoms with Crippen molar-refractivity contribution < 1.29 is 8.42 Å². The lowest BCUT2D eigenvalue weighted by molar-refractivity contribution is 0.470. The SMILES string of the molecule is CN(Cc1ccc(Cl)s1)S(=O)(=O)c1ccc(N)cc1Cl. The van der Waals surface area contributed by atoms with Gasteiger partial charge in [-0.25, -0.2) is 8.42 Å². The summed E-state index contributed by atoms with van der Waals surface area (Å²) in [5.41, 5.74) is 5.99. The topological polar surface area (TPSA) is 63.4 Å². The maximum absolute atomic E-state index is 12.4. The van der Waals surface area contributed by atoms with Crippen LogP contribution in [0, 0.1) is 0 Å². The van der Waals surface area contributed by atoms with E-state index in [9.17, 15) is 8.42 Å². The molecule has 0 fully saturated rings. The molecular weight excluding hydrogens is 339 g/mol. The van der Waals surface area contributed by atoms with Crippen LogP contribution in [-0.2, 0) is 16.6 Å². The summed E-state index contributed by atoms with van der Waals surface area (Å²) in [6.45, 7) is 0.237. The standard InChI is InChI=1S/C12H12Cl2N2O2S2/c1-16(7-9-3-5-12(14)19-9)20(17,18)11-4-2-8(15)6-10(11)13/h2-6H,7,15H2,1H3. The monoisotopic (exact) mass is 350 g/mol. The van der Waals surface area contributed by atoms with Gasteiger partial charge in [0.05, 0.1) is 9.36 Å². The Bertz CT molecular complexity index is 729. The van der Waals surface area contributed by atoms with Gasteiger partial charge in [0.15, 0.2) is 0 Å². The number of nitrogen functional groups attached to an aromatic ring is 1. The first-order valence-corrected chi connectivity index (χ1v) is 8.57. The summed E-state index contributed by atoms with van der Waals surface area (Å²) < 4.78 is 26.7. The number of hydrogen-bond donors (Lipinski definition) is 1. The lowest BCUT2D eigenvalue weighted by Gasteiger charge is -2.17. The van der Waals surface area contributed by atoms with Crippen molar-refractivity contribution in [1.29, 1.82) is 0 Å². The third kappa shape index (κ3) is 3.27. The van der Waals surface area contributed by atoms with Gasteiger partial charge in [0.1, 0.15) is 4.90 Å². The zero-order valence-corrected chi connectivity index (χ0v) is 13.7. The number of sulfonamides is 1. The van der Waals surface area contributed by atoms with E-state index < -0.39 is 10.0 Å². The normalized spacial score (nSPS) is 12.0. The second-order valence-electron chi connectivity index (χ2n) is 4.16. The maximum Gasteiger partial charge on any atom is 0.244 e. The minimum absolute atomic E-state index is 0.0403. The second kappa shape index (κ2) is 5.91. The quantitative estimate of drug-likeness (QED) is 0.858. The molecule has 8 heteroatoms. The van der Waals surface area contributed by atoms with E-state index in [2.05, 4.69) is 0 Å². The zero-order chi connectivity index (χ0) is 14.9. The minimum Gasteiger partial charge on any atom is -0.399 e. The number of thiophene rings is 1. The van der Waals surface area contributed by atoms with Crippen LogP contribution in [0.25, 0.3) is 0 Å². The molecule has 0 aliphatic rings. The number of halogens is 2. The van der Waals surface area contributed by atoms with E-state index in [1.807, 2.05) is 0 Å². The van der Waals surface area contributed by atoms with Crippen LogP contribution in [0.4, 0.5) is 5.69 Å². The highest BCUT2D eigenvalue weighted by Crippen LogP contribution is 2.28. The van der Waals surface area contributed by atoms with Crippen LogP contribution in [0.15, 0.2) is 35.2 Å². The Morgan fingerprint density at radius 1 is 1.25 bits per heavy atom. The fourth-order valence-corrected chi connectivity index (χ4v) is 4.53. The minimum atomic E-state index is -3.67. The van der Waals surface area contributed by atoms with Crippen LogP contribution in [0.1, 0.15) is 4.88 Å². The molecule has 0 amide bonds. The first kappa shape index (κ1) is 15.6. The Kier molecular flexibility index (Phi) is 4.61. The van der Waals surface area contributed by atoms with Crippen LogP contribution in [0.3, 0.4) is 0 Å². The van der Waals surface area contributed by atoms with Crippen molar-refractivity contribution in [1.82, 2.24) is 4.31 Å². The van der Waals surface area contributed by atoms with Crippen molar-refractivity contribution in [2.75, 3.05) is 12.8 Å². The molecule has 1 aromatic heterocycles. The Morgan fingerprint density at radius 2 is 1.95 bits per heavy atom. The predicted molar refractivity (Wildman–Crippen MR) is 83.8 cm³/mol. The average Bonchev–Trinajstić information content (AvgIpc) is 2.74. The molecule has 2 rings (SSSR count). The molecule has 1 aromatic carbocycles. The van der Waals surface area contributed by atoms with E-state index in [-0.39, 0.29) is 16.5 Å². The van der Waals surface area contributed by atoms with Gasteiger partial charge in [0, 0.05) is 24.2 Å². The summed E-state index contributed by atoms with van der Waals surface area (Å²) >= 11 is 13.1. The highest BCUT2D eigenvalue weighted by atomic mass is 35.5. The van der Waals surface area contributed by atoms with Crippen LogP contribution < -0.4 is 5.73 Å². The summed E-state index contributed by atoms with van der Waals surface area (Å²) in [5, 5.41) is 0.112. The molecule has 0 saturated carbocycles. The number of benzene rings is 1. The van der Waals surface area contributed by atoms with Gasteiger partial charge in [-0.2, -0.15) is 4.31 Å². The first-order valence-electron chi connectivity index (χ1n) is 5.56. The largest absolute Gasteiger partial charge is 0.399 e. The molecule has 0 aliphatic heterocycles. The molecule has 20 heavy (non-hydrogen) atoms. The number of nitrogens with zero attached hydrogens (tertiary/aromatic N) is 1. The molecule has 0 bridgehead atoms. The third-order valence-corrected chi connectivity index (χ3v) is 6.15. The molecule has 2 N–H and O–H groups in total. The van der Waals surface area contributed by atoms with Crippen molar-refractivity contribution in [2.45, 2.75) is 11.4 Å². The Morgan fingerprint density at radius 3 is 2.50 bits per heavy atom.